The summed E-state index contributed by atoms with van der Waals surface area (Å²) in [5.74, 6) is 0.0497. The standard InChI is InChI=1S/C19H24N2O6S/c1-5-24-14-8-13(9-15(25-6-2)17(14)26-7-3)18(23)27-10-16(22)21-19-20-12(4)11-28-19/h8-9,11H,5-7,10H2,1-4H3,(H,20,21,22). The highest BCUT2D eigenvalue weighted by molar-refractivity contribution is 7.13. The molecule has 0 unspecified atom stereocenters. The van der Waals surface area contributed by atoms with Crippen LogP contribution >= 0.6 is 11.3 Å². The normalized spacial score (nSPS) is 10.3. The van der Waals surface area contributed by atoms with Crippen LogP contribution in [-0.2, 0) is 9.53 Å². The minimum absolute atomic E-state index is 0.202. The number of nitrogens with one attached hydrogen (secondary N) is 1. The van der Waals surface area contributed by atoms with Gasteiger partial charge in [0.1, 0.15) is 0 Å². The minimum atomic E-state index is -0.671. The van der Waals surface area contributed by atoms with Gasteiger partial charge in [-0.3, -0.25) is 10.1 Å². The smallest absolute Gasteiger partial charge is 0.338 e. The van der Waals surface area contributed by atoms with Gasteiger partial charge in [-0.1, -0.05) is 0 Å². The van der Waals surface area contributed by atoms with Gasteiger partial charge in [-0.15, -0.1) is 11.3 Å². The zero-order valence-corrected chi connectivity index (χ0v) is 17.2. The molecule has 0 aliphatic rings. The Balaban J connectivity index is 2.11. The number of hydrogen-bond donors (Lipinski definition) is 1. The first-order valence-corrected chi connectivity index (χ1v) is 9.81. The molecular weight excluding hydrogens is 384 g/mol. The van der Waals surface area contributed by atoms with Gasteiger partial charge in [-0.25, -0.2) is 9.78 Å². The van der Waals surface area contributed by atoms with Crippen LogP contribution in [0.5, 0.6) is 17.2 Å². The van der Waals surface area contributed by atoms with Crippen molar-refractivity contribution in [1.82, 2.24) is 4.98 Å². The highest BCUT2D eigenvalue weighted by atomic mass is 32.1. The van der Waals surface area contributed by atoms with E-state index in [1.807, 2.05) is 33.1 Å². The largest absolute Gasteiger partial charge is 0.490 e. The lowest BCUT2D eigenvalue weighted by Gasteiger charge is -2.16. The van der Waals surface area contributed by atoms with Gasteiger partial charge in [0.05, 0.1) is 31.1 Å². The first-order valence-electron chi connectivity index (χ1n) is 8.93. The Kier molecular flexibility index (Phi) is 8.06. The number of aromatic nitrogens is 1. The summed E-state index contributed by atoms with van der Waals surface area (Å²) in [5.41, 5.74) is 1.01. The number of benzene rings is 1. The molecule has 0 aliphatic heterocycles. The summed E-state index contributed by atoms with van der Waals surface area (Å²) < 4.78 is 21.9. The van der Waals surface area contributed by atoms with E-state index in [1.165, 1.54) is 23.5 Å². The van der Waals surface area contributed by atoms with E-state index < -0.39 is 18.5 Å². The molecule has 2 rings (SSSR count). The Morgan fingerprint density at radius 3 is 2.14 bits per heavy atom. The molecule has 9 heteroatoms. The Morgan fingerprint density at radius 1 is 1.04 bits per heavy atom. The van der Waals surface area contributed by atoms with Crippen LogP contribution < -0.4 is 19.5 Å². The SMILES string of the molecule is CCOc1cc(C(=O)OCC(=O)Nc2nc(C)cs2)cc(OCC)c1OCC. The van der Waals surface area contributed by atoms with E-state index in [-0.39, 0.29) is 5.56 Å². The molecule has 28 heavy (non-hydrogen) atoms. The first kappa shape index (κ1) is 21.5. The number of ether oxygens (including phenoxy) is 4. The molecule has 0 atom stereocenters. The average Bonchev–Trinajstić information content (AvgIpc) is 3.07. The summed E-state index contributed by atoms with van der Waals surface area (Å²) in [6, 6.07) is 3.03. The molecule has 1 heterocycles. The van der Waals surface area contributed by atoms with Gasteiger partial charge in [-0.2, -0.15) is 0 Å². The maximum atomic E-state index is 12.4. The number of anilines is 1. The maximum absolute atomic E-state index is 12.4. The van der Waals surface area contributed by atoms with Crippen molar-refractivity contribution in [2.45, 2.75) is 27.7 Å². The van der Waals surface area contributed by atoms with E-state index in [1.54, 1.807) is 0 Å². The molecule has 1 amide bonds. The van der Waals surface area contributed by atoms with Crippen molar-refractivity contribution in [3.8, 4) is 17.2 Å². The van der Waals surface area contributed by atoms with Crippen LogP contribution in [-0.4, -0.2) is 43.3 Å². The number of hydrogen-bond acceptors (Lipinski definition) is 8. The van der Waals surface area contributed by atoms with Crippen LogP contribution in [0.15, 0.2) is 17.5 Å². The van der Waals surface area contributed by atoms with E-state index in [2.05, 4.69) is 10.3 Å². The van der Waals surface area contributed by atoms with Gasteiger partial charge in [0.15, 0.2) is 23.2 Å². The predicted octanol–water partition coefficient (Wildman–Crippen LogP) is 3.44. The second-order valence-corrected chi connectivity index (χ2v) is 6.38. The quantitative estimate of drug-likeness (QED) is 0.602. The molecule has 0 spiro atoms. The molecule has 0 bridgehead atoms. The lowest BCUT2D eigenvalue weighted by molar-refractivity contribution is -0.119. The number of aryl methyl sites for hydroxylation is 1. The number of carbonyl (C=O) groups excluding carboxylic acids is 2. The van der Waals surface area contributed by atoms with Crippen LogP contribution in [0.25, 0.3) is 0 Å². The molecule has 0 saturated heterocycles. The van der Waals surface area contributed by atoms with Gasteiger partial charge in [0, 0.05) is 5.38 Å². The van der Waals surface area contributed by atoms with Crippen molar-refractivity contribution in [2.24, 2.45) is 0 Å². The number of rotatable bonds is 10. The molecule has 0 saturated carbocycles. The van der Waals surface area contributed by atoms with Crippen LogP contribution in [0.3, 0.4) is 0 Å². The second kappa shape index (κ2) is 10.5. The molecule has 152 valence electrons. The first-order chi connectivity index (χ1) is 13.5. The fourth-order valence-electron chi connectivity index (χ4n) is 2.29. The van der Waals surface area contributed by atoms with Crippen LogP contribution in [0.4, 0.5) is 5.13 Å². The Hall–Kier alpha value is -2.81. The lowest BCUT2D eigenvalue weighted by atomic mass is 10.2. The highest BCUT2D eigenvalue weighted by Gasteiger charge is 2.20. The molecule has 1 aromatic heterocycles. The number of esters is 1. The molecule has 2 aromatic rings. The second-order valence-electron chi connectivity index (χ2n) is 5.52. The highest BCUT2D eigenvalue weighted by Crippen LogP contribution is 2.39. The zero-order chi connectivity index (χ0) is 20.5. The zero-order valence-electron chi connectivity index (χ0n) is 16.4. The Bertz CT molecular complexity index is 794. The summed E-state index contributed by atoms with van der Waals surface area (Å²) in [6.07, 6.45) is 0. The predicted molar refractivity (Wildman–Crippen MR) is 106 cm³/mol. The van der Waals surface area contributed by atoms with Gasteiger partial charge >= 0.3 is 5.97 Å². The molecule has 8 nitrogen and oxygen atoms in total. The molecule has 1 aromatic carbocycles. The summed E-state index contributed by atoms with van der Waals surface area (Å²) in [6.45, 7) is 8.08. The number of nitrogens with zero attached hydrogens (tertiary/aromatic N) is 1. The summed E-state index contributed by atoms with van der Waals surface area (Å²) in [4.78, 5) is 28.5. The van der Waals surface area contributed by atoms with Crippen molar-refractivity contribution in [3.05, 3.63) is 28.8 Å². The van der Waals surface area contributed by atoms with E-state index in [0.29, 0.717) is 42.2 Å². The number of carbonyl (C=O) groups is 2. The topological polar surface area (TPSA) is 96.0 Å². The van der Waals surface area contributed by atoms with Gasteiger partial charge < -0.3 is 18.9 Å². The number of thiazole rings is 1. The monoisotopic (exact) mass is 408 g/mol. The van der Waals surface area contributed by atoms with E-state index >= 15 is 0 Å². The molecular formula is C19H24N2O6S. The molecule has 0 fully saturated rings. The Morgan fingerprint density at radius 2 is 1.64 bits per heavy atom. The molecule has 0 radical (unpaired) electrons. The maximum Gasteiger partial charge on any atom is 0.338 e. The van der Waals surface area contributed by atoms with Crippen molar-refractivity contribution in [3.63, 3.8) is 0 Å². The van der Waals surface area contributed by atoms with Gasteiger partial charge in [0.25, 0.3) is 5.91 Å². The van der Waals surface area contributed by atoms with Gasteiger partial charge in [-0.05, 0) is 39.8 Å². The third-order valence-corrected chi connectivity index (χ3v) is 4.22. The van der Waals surface area contributed by atoms with Crippen LogP contribution in [0.2, 0.25) is 0 Å². The molecule has 0 aliphatic carbocycles. The van der Waals surface area contributed by atoms with Crippen molar-refractivity contribution in [1.29, 1.82) is 0 Å². The third kappa shape index (κ3) is 5.85. The fraction of sp³-hybridized carbons (Fsp3) is 0.421. The van der Waals surface area contributed by atoms with Gasteiger partial charge in [0.2, 0.25) is 5.75 Å². The summed E-state index contributed by atoms with van der Waals surface area (Å²) >= 11 is 1.30. The van der Waals surface area contributed by atoms with Crippen molar-refractivity contribution < 1.29 is 28.5 Å². The lowest BCUT2D eigenvalue weighted by Crippen LogP contribution is -2.21. The fourth-order valence-corrected chi connectivity index (χ4v) is 2.99. The Labute approximate surface area is 167 Å². The summed E-state index contributed by atoms with van der Waals surface area (Å²) in [7, 11) is 0. The van der Waals surface area contributed by atoms with Crippen molar-refractivity contribution >= 4 is 28.3 Å². The van der Waals surface area contributed by atoms with Crippen molar-refractivity contribution in [2.75, 3.05) is 31.7 Å². The average molecular weight is 408 g/mol. The van der Waals surface area contributed by atoms with E-state index in [4.69, 9.17) is 18.9 Å². The molecule has 1 N–H and O–H groups in total. The van der Waals surface area contributed by atoms with Crippen LogP contribution in [0, 0.1) is 6.92 Å². The van der Waals surface area contributed by atoms with E-state index in [0.717, 1.165) is 5.69 Å². The van der Waals surface area contributed by atoms with Crippen LogP contribution in [0.1, 0.15) is 36.8 Å². The summed E-state index contributed by atoms with van der Waals surface area (Å²) in [5, 5.41) is 4.85. The van der Waals surface area contributed by atoms with E-state index in [9.17, 15) is 9.59 Å². The third-order valence-electron chi connectivity index (χ3n) is 3.34. The number of amides is 1. The minimum Gasteiger partial charge on any atom is -0.490 e.